The summed E-state index contributed by atoms with van der Waals surface area (Å²) in [5.74, 6) is 0.801. The Bertz CT molecular complexity index is 1390. The number of urea groups is 1. The predicted octanol–water partition coefficient (Wildman–Crippen LogP) is 7.10. The first-order valence-electron chi connectivity index (χ1n) is 14.5. The Morgan fingerprint density at radius 1 is 1.02 bits per heavy atom. The molecule has 0 aliphatic carbocycles. The van der Waals surface area contributed by atoms with E-state index in [-0.39, 0.29) is 18.1 Å². The van der Waals surface area contributed by atoms with Crippen LogP contribution in [0.1, 0.15) is 62.8 Å². The van der Waals surface area contributed by atoms with Crippen molar-refractivity contribution in [2.45, 2.75) is 52.5 Å². The third kappa shape index (κ3) is 6.59. The van der Waals surface area contributed by atoms with Gasteiger partial charge in [0.1, 0.15) is 5.75 Å². The molecule has 0 bridgehead atoms. The van der Waals surface area contributed by atoms with Crippen molar-refractivity contribution in [3.63, 3.8) is 0 Å². The number of nitrogens with zero attached hydrogens (tertiary/aromatic N) is 3. The first-order chi connectivity index (χ1) is 19.6. The van der Waals surface area contributed by atoms with Crippen LogP contribution < -0.4 is 14.5 Å². The minimum atomic E-state index is -0.0524. The summed E-state index contributed by atoms with van der Waals surface area (Å²) in [6, 6.07) is 22.8. The summed E-state index contributed by atoms with van der Waals surface area (Å²) in [4.78, 5) is 19.4. The van der Waals surface area contributed by atoms with Crippen LogP contribution in [-0.4, -0.2) is 56.9 Å². The minimum absolute atomic E-state index is 0.0406. The number of aliphatic hydroxyl groups excluding tert-OH is 1. The summed E-state index contributed by atoms with van der Waals surface area (Å²) >= 11 is 0. The molecule has 0 fully saturated rings. The van der Waals surface area contributed by atoms with E-state index < -0.39 is 0 Å². The zero-order valence-corrected chi connectivity index (χ0v) is 25.7. The quantitative estimate of drug-likeness (QED) is 0.306. The predicted molar refractivity (Wildman–Crippen MR) is 170 cm³/mol. The molecule has 3 aromatic carbocycles. The van der Waals surface area contributed by atoms with Crippen molar-refractivity contribution < 1.29 is 14.6 Å². The fourth-order valence-electron chi connectivity index (χ4n) is 5.52. The van der Waals surface area contributed by atoms with Crippen LogP contribution in [0.15, 0.2) is 72.3 Å². The van der Waals surface area contributed by atoms with E-state index in [1.807, 2.05) is 44.4 Å². The highest BCUT2D eigenvalue weighted by Gasteiger charge is 2.30. The molecular weight excluding hydrogens is 510 g/mol. The van der Waals surface area contributed by atoms with Crippen LogP contribution in [0.3, 0.4) is 0 Å². The molecular formula is C35H45N3O3. The number of anilines is 2. The molecule has 0 aromatic heterocycles. The normalized spacial score (nSPS) is 13.2. The average Bonchev–Trinajstić information content (AvgIpc) is 2.98. The third-order valence-corrected chi connectivity index (χ3v) is 7.90. The van der Waals surface area contributed by atoms with Gasteiger partial charge >= 0.3 is 6.03 Å². The zero-order chi connectivity index (χ0) is 29.7. The molecule has 1 heterocycles. The monoisotopic (exact) mass is 555 g/mol. The van der Waals surface area contributed by atoms with Crippen molar-refractivity contribution in [1.82, 2.24) is 4.90 Å². The molecule has 218 valence electrons. The van der Waals surface area contributed by atoms with Crippen LogP contribution in [0.25, 0.3) is 5.57 Å². The first kappa shape index (κ1) is 30.2. The smallest absolute Gasteiger partial charge is 0.324 e. The van der Waals surface area contributed by atoms with Gasteiger partial charge in [0.15, 0.2) is 0 Å². The number of rotatable bonds is 9. The summed E-state index contributed by atoms with van der Waals surface area (Å²) in [6.45, 7) is 10.6. The second-order valence-corrected chi connectivity index (χ2v) is 12.0. The first-order valence-corrected chi connectivity index (χ1v) is 14.5. The molecule has 41 heavy (non-hydrogen) atoms. The summed E-state index contributed by atoms with van der Waals surface area (Å²) in [5.41, 5.74) is 8.30. The van der Waals surface area contributed by atoms with Crippen molar-refractivity contribution in [3.8, 4) is 5.75 Å². The van der Waals surface area contributed by atoms with Gasteiger partial charge < -0.3 is 19.6 Å². The number of carbonyl (C=O) groups is 1. The summed E-state index contributed by atoms with van der Waals surface area (Å²) in [7, 11) is 5.39. The Kier molecular flexibility index (Phi) is 9.44. The maximum Gasteiger partial charge on any atom is 0.324 e. The molecule has 0 saturated heterocycles. The van der Waals surface area contributed by atoms with E-state index in [9.17, 15) is 9.90 Å². The number of hydrogen-bond donors (Lipinski definition) is 1. The Morgan fingerprint density at radius 3 is 2.37 bits per heavy atom. The van der Waals surface area contributed by atoms with Crippen molar-refractivity contribution in [2.75, 3.05) is 50.7 Å². The summed E-state index contributed by atoms with van der Waals surface area (Å²) in [6.07, 6.45) is 1.99. The lowest BCUT2D eigenvalue weighted by Gasteiger charge is -2.38. The van der Waals surface area contributed by atoms with E-state index in [4.69, 9.17) is 4.74 Å². The molecule has 0 radical (unpaired) electrons. The molecule has 0 saturated carbocycles. The molecule has 2 amide bonds. The minimum Gasteiger partial charge on any atom is -0.497 e. The van der Waals surface area contributed by atoms with Gasteiger partial charge in [-0.3, -0.25) is 4.90 Å². The second kappa shape index (κ2) is 12.8. The van der Waals surface area contributed by atoms with Crippen LogP contribution in [0.4, 0.5) is 16.2 Å². The maximum absolute atomic E-state index is 13.6. The van der Waals surface area contributed by atoms with E-state index in [1.54, 1.807) is 16.9 Å². The molecule has 1 aliphatic heterocycles. The van der Waals surface area contributed by atoms with Crippen molar-refractivity contribution in [2.24, 2.45) is 0 Å². The highest BCUT2D eigenvalue weighted by molar-refractivity contribution is 6.01. The van der Waals surface area contributed by atoms with Gasteiger partial charge in [-0.25, -0.2) is 4.79 Å². The molecule has 3 aromatic rings. The van der Waals surface area contributed by atoms with Crippen LogP contribution in [-0.2, 0) is 12.0 Å². The Hall–Kier alpha value is -3.77. The lowest BCUT2D eigenvalue weighted by atomic mass is 9.83. The van der Waals surface area contributed by atoms with Crippen molar-refractivity contribution >= 4 is 23.0 Å². The molecule has 4 rings (SSSR count). The molecule has 0 atom stereocenters. The third-order valence-electron chi connectivity index (χ3n) is 7.90. The lowest BCUT2D eigenvalue weighted by molar-refractivity contribution is 0.216. The fourth-order valence-corrected chi connectivity index (χ4v) is 5.52. The number of ether oxygens (including phenoxy) is 1. The number of benzene rings is 3. The SMILES string of the molecule is CCCCN(C)C(=O)N(C)c1cccc2c1N(Cc1cccc(OC)c1)CC(CO)=C2c1ccc(C(C)(C)C)cc1. The number of methoxy groups -OCH3 is 1. The van der Waals surface area contributed by atoms with E-state index >= 15 is 0 Å². The van der Waals surface area contributed by atoms with Gasteiger partial charge in [0.25, 0.3) is 0 Å². The Labute approximate surface area is 245 Å². The van der Waals surface area contributed by atoms with Crippen LogP contribution in [0, 0.1) is 0 Å². The number of hydrogen-bond acceptors (Lipinski definition) is 4. The zero-order valence-electron chi connectivity index (χ0n) is 25.7. The molecule has 1 aliphatic rings. The van der Waals surface area contributed by atoms with E-state index in [0.29, 0.717) is 19.6 Å². The van der Waals surface area contributed by atoms with E-state index in [1.165, 1.54) is 5.56 Å². The van der Waals surface area contributed by atoms with Crippen LogP contribution >= 0.6 is 0 Å². The number of aliphatic hydroxyl groups is 1. The molecule has 0 unspecified atom stereocenters. The van der Waals surface area contributed by atoms with Gasteiger partial charge in [-0.2, -0.15) is 0 Å². The molecule has 0 spiro atoms. The van der Waals surface area contributed by atoms with E-state index in [0.717, 1.165) is 57.8 Å². The van der Waals surface area contributed by atoms with Crippen molar-refractivity contribution in [3.05, 3.63) is 94.6 Å². The highest BCUT2D eigenvalue weighted by atomic mass is 16.5. The number of para-hydroxylation sites is 1. The number of unbranched alkanes of at least 4 members (excludes halogenated alkanes) is 1. The topological polar surface area (TPSA) is 56.3 Å². The van der Waals surface area contributed by atoms with Gasteiger partial charge in [-0.05, 0) is 57.9 Å². The Balaban J connectivity index is 1.85. The van der Waals surface area contributed by atoms with Crippen molar-refractivity contribution in [1.29, 1.82) is 0 Å². The molecule has 1 N–H and O–H groups in total. The van der Waals surface area contributed by atoms with Gasteiger partial charge in [-0.15, -0.1) is 0 Å². The van der Waals surface area contributed by atoms with Gasteiger partial charge in [0, 0.05) is 39.3 Å². The number of amides is 2. The van der Waals surface area contributed by atoms with Gasteiger partial charge in [0.2, 0.25) is 0 Å². The van der Waals surface area contributed by atoms with E-state index in [2.05, 4.69) is 69.0 Å². The second-order valence-electron chi connectivity index (χ2n) is 12.0. The molecule has 6 heteroatoms. The largest absolute Gasteiger partial charge is 0.497 e. The fraction of sp³-hybridized carbons (Fsp3) is 0.400. The average molecular weight is 556 g/mol. The lowest BCUT2D eigenvalue weighted by Crippen LogP contribution is -2.41. The Morgan fingerprint density at radius 2 is 1.73 bits per heavy atom. The highest BCUT2D eigenvalue weighted by Crippen LogP contribution is 2.45. The standard InChI is InChI=1S/C35H45N3O3/c1-8-9-20-36(5)34(40)37(6)31-15-11-14-30-32(26-16-18-28(19-17-26)35(2,3)4)27(24-39)23-38(33(30)31)22-25-12-10-13-29(21-25)41-7/h10-19,21,39H,8-9,20,22-24H2,1-7H3. The number of carbonyl (C=O) groups excluding carboxylic acids is 1. The summed E-state index contributed by atoms with van der Waals surface area (Å²) in [5, 5.41) is 10.6. The van der Waals surface area contributed by atoms with Gasteiger partial charge in [-0.1, -0.05) is 82.6 Å². The summed E-state index contributed by atoms with van der Waals surface area (Å²) < 4.78 is 5.49. The maximum atomic E-state index is 13.6. The number of fused-ring (bicyclic) bond motifs is 1. The van der Waals surface area contributed by atoms with Gasteiger partial charge in [0.05, 0.1) is 25.1 Å². The molecule has 6 nitrogen and oxygen atoms in total. The van der Waals surface area contributed by atoms with Crippen LogP contribution in [0.2, 0.25) is 0 Å². The van der Waals surface area contributed by atoms with Crippen LogP contribution in [0.5, 0.6) is 5.75 Å².